The molecule has 0 unspecified atom stereocenters. The van der Waals surface area contributed by atoms with E-state index in [2.05, 4.69) is 20.5 Å². The second kappa shape index (κ2) is 12.5. The molecule has 41 heavy (non-hydrogen) atoms. The Bertz CT molecular complexity index is 1830. The third-order valence-corrected chi connectivity index (χ3v) is 10.5. The summed E-state index contributed by atoms with van der Waals surface area (Å²) in [5, 5.41) is 6.17. The first-order chi connectivity index (χ1) is 19.6. The van der Waals surface area contributed by atoms with Gasteiger partial charge < -0.3 is 20.5 Å². The SMILES string of the molecule is O=C(Nc1ccc(-n2c(=O)[nH]c3cc(NCCN4CCCCC4)ccc3c2=O)c(I)c1)NS(=O)(=O)c1ccc(Cl)s1. The van der Waals surface area contributed by atoms with Crippen molar-refractivity contribution in [3.05, 3.63) is 77.3 Å². The lowest BCUT2D eigenvalue weighted by atomic mass is 10.1. The Morgan fingerprint density at radius 3 is 2.49 bits per heavy atom. The minimum Gasteiger partial charge on any atom is -0.384 e. The van der Waals surface area contributed by atoms with E-state index in [1.165, 1.54) is 49.6 Å². The number of amides is 2. The van der Waals surface area contributed by atoms with Gasteiger partial charge in [0, 0.05) is 28.0 Å². The predicted octanol–water partition coefficient (Wildman–Crippen LogP) is 4.41. The average Bonchev–Trinajstić information content (AvgIpc) is 3.37. The highest BCUT2D eigenvalue weighted by atomic mass is 127. The van der Waals surface area contributed by atoms with Crippen molar-refractivity contribution in [2.75, 3.05) is 36.8 Å². The van der Waals surface area contributed by atoms with E-state index in [-0.39, 0.29) is 14.2 Å². The van der Waals surface area contributed by atoms with E-state index in [9.17, 15) is 22.8 Å². The standard InChI is InChI=1S/C26H26ClIN6O5S2/c27-22-8-9-23(40-22)41(38,39)32-25(36)30-17-5-7-21(19(28)14-17)34-24(35)18-6-4-16(15-20(18)31-26(34)37)29-10-13-33-11-2-1-3-12-33/h4-9,14-15,29H,1-3,10-13H2,(H,31,37)(H2,30,32,36). The number of hydrogen-bond acceptors (Lipinski definition) is 8. The van der Waals surface area contributed by atoms with Gasteiger partial charge in [0.15, 0.2) is 0 Å². The molecule has 3 heterocycles. The molecule has 1 fully saturated rings. The van der Waals surface area contributed by atoms with Crippen LogP contribution in [0.1, 0.15) is 19.3 Å². The van der Waals surface area contributed by atoms with Gasteiger partial charge in [-0.25, -0.2) is 27.3 Å². The Morgan fingerprint density at radius 2 is 1.78 bits per heavy atom. The number of fused-ring (bicyclic) bond motifs is 1. The van der Waals surface area contributed by atoms with E-state index in [0.29, 0.717) is 20.2 Å². The fourth-order valence-corrected chi connectivity index (χ4v) is 7.77. The van der Waals surface area contributed by atoms with Crippen molar-refractivity contribution in [2.45, 2.75) is 23.5 Å². The summed E-state index contributed by atoms with van der Waals surface area (Å²) < 4.78 is 28.4. The van der Waals surface area contributed by atoms with Crippen LogP contribution in [0.4, 0.5) is 16.2 Å². The molecule has 0 spiro atoms. The Hall–Kier alpha value is -2.92. The van der Waals surface area contributed by atoms with Gasteiger partial charge in [-0.15, -0.1) is 11.3 Å². The fraction of sp³-hybridized carbons (Fsp3) is 0.269. The molecular weight excluding hydrogens is 703 g/mol. The molecule has 0 radical (unpaired) electrons. The third kappa shape index (κ3) is 6.94. The number of nitrogens with one attached hydrogen (secondary N) is 4. The first-order valence-corrected chi connectivity index (χ1v) is 16.5. The number of nitrogens with zero attached hydrogens (tertiary/aromatic N) is 2. The van der Waals surface area contributed by atoms with E-state index in [1.54, 1.807) is 12.1 Å². The number of rotatable bonds is 8. The number of benzene rings is 2. The molecule has 0 saturated carbocycles. The molecule has 1 saturated heterocycles. The van der Waals surface area contributed by atoms with Gasteiger partial charge in [-0.1, -0.05) is 18.0 Å². The van der Waals surface area contributed by atoms with E-state index < -0.39 is 27.3 Å². The number of piperidine rings is 1. The van der Waals surface area contributed by atoms with Crippen LogP contribution in [-0.4, -0.2) is 55.1 Å². The highest BCUT2D eigenvalue weighted by Gasteiger charge is 2.20. The maximum Gasteiger partial charge on any atom is 0.333 e. The van der Waals surface area contributed by atoms with Crippen LogP contribution < -0.4 is 26.6 Å². The fourth-order valence-electron chi connectivity index (χ4n) is 4.63. The summed E-state index contributed by atoms with van der Waals surface area (Å²) in [5.41, 5.74) is 0.729. The van der Waals surface area contributed by atoms with E-state index in [0.717, 1.165) is 47.8 Å². The van der Waals surface area contributed by atoms with Gasteiger partial charge in [0.1, 0.15) is 4.21 Å². The molecule has 4 N–H and O–H groups in total. The molecule has 4 aromatic rings. The summed E-state index contributed by atoms with van der Waals surface area (Å²) >= 11 is 8.56. The number of halogens is 2. The molecule has 1 aliphatic heterocycles. The number of carbonyl (C=O) groups excluding carboxylic acids is 1. The summed E-state index contributed by atoms with van der Waals surface area (Å²) in [4.78, 5) is 43.9. The summed E-state index contributed by atoms with van der Waals surface area (Å²) in [7, 11) is -4.09. The maximum atomic E-state index is 13.3. The lowest BCUT2D eigenvalue weighted by Crippen LogP contribution is -2.35. The second-order valence-electron chi connectivity index (χ2n) is 9.44. The summed E-state index contributed by atoms with van der Waals surface area (Å²) in [5.74, 6) is 0. The summed E-state index contributed by atoms with van der Waals surface area (Å²) in [6.45, 7) is 3.92. The maximum absolute atomic E-state index is 13.3. The number of H-pyrrole nitrogens is 1. The van der Waals surface area contributed by atoms with Gasteiger partial charge in [-0.2, -0.15) is 0 Å². The van der Waals surface area contributed by atoms with Crippen molar-refractivity contribution >= 4 is 83.9 Å². The van der Waals surface area contributed by atoms with Gasteiger partial charge in [-0.3, -0.25) is 4.79 Å². The number of hydrogen-bond donors (Lipinski definition) is 4. The van der Waals surface area contributed by atoms with Crippen molar-refractivity contribution in [1.82, 2.24) is 19.2 Å². The lowest BCUT2D eigenvalue weighted by molar-refractivity contribution is 0.237. The zero-order valence-electron chi connectivity index (χ0n) is 21.6. The van der Waals surface area contributed by atoms with Gasteiger partial charge in [0.2, 0.25) is 0 Å². The number of anilines is 2. The first kappa shape index (κ1) is 29.6. The van der Waals surface area contributed by atoms with E-state index in [4.69, 9.17) is 11.6 Å². The van der Waals surface area contributed by atoms with Crippen LogP contribution in [0, 0.1) is 3.57 Å². The Balaban J connectivity index is 1.31. The second-order valence-corrected chi connectivity index (χ2v) is 14.2. The van der Waals surface area contributed by atoms with Crippen molar-refractivity contribution in [3.63, 3.8) is 0 Å². The van der Waals surface area contributed by atoms with Crippen molar-refractivity contribution in [1.29, 1.82) is 0 Å². The third-order valence-electron chi connectivity index (χ3n) is 6.59. The predicted molar refractivity (Wildman–Crippen MR) is 170 cm³/mol. The normalized spacial score (nSPS) is 14.2. The first-order valence-electron chi connectivity index (χ1n) is 12.7. The molecule has 11 nitrogen and oxygen atoms in total. The number of thiophene rings is 1. The van der Waals surface area contributed by atoms with Crippen molar-refractivity contribution in [2.24, 2.45) is 0 Å². The van der Waals surface area contributed by atoms with Crippen molar-refractivity contribution in [3.8, 4) is 5.69 Å². The molecular formula is C26H26ClIN6O5S2. The Kier molecular flexibility index (Phi) is 9.03. The molecule has 216 valence electrons. The number of sulfonamides is 1. The molecule has 2 aromatic heterocycles. The van der Waals surface area contributed by atoms with E-state index >= 15 is 0 Å². The zero-order chi connectivity index (χ0) is 29.1. The monoisotopic (exact) mass is 728 g/mol. The molecule has 15 heteroatoms. The molecule has 2 aromatic carbocycles. The number of aromatic amines is 1. The van der Waals surface area contributed by atoms with Crippen LogP contribution in [0.3, 0.4) is 0 Å². The Morgan fingerprint density at radius 1 is 1.02 bits per heavy atom. The summed E-state index contributed by atoms with van der Waals surface area (Å²) in [6.07, 6.45) is 3.75. The van der Waals surface area contributed by atoms with Crippen LogP contribution in [-0.2, 0) is 10.0 Å². The topological polar surface area (TPSA) is 145 Å². The van der Waals surface area contributed by atoms with Gasteiger partial charge in [0.05, 0.1) is 20.9 Å². The number of aromatic nitrogens is 2. The quantitative estimate of drug-likeness (QED) is 0.197. The average molecular weight is 729 g/mol. The molecule has 1 aliphatic rings. The molecule has 2 amide bonds. The van der Waals surface area contributed by atoms with Gasteiger partial charge in [-0.05, 0) is 97.1 Å². The minimum absolute atomic E-state index is 0.0992. The Labute approximate surface area is 258 Å². The zero-order valence-corrected chi connectivity index (χ0v) is 26.1. The van der Waals surface area contributed by atoms with Crippen LogP contribution in [0.15, 0.2) is 62.3 Å². The van der Waals surface area contributed by atoms with Crippen LogP contribution >= 0.6 is 45.5 Å². The van der Waals surface area contributed by atoms with Gasteiger partial charge >= 0.3 is 11.7 Å². The van der Waals surface area contributed by atoms with E-state index in [1.807, 2.05) is 33.4 Å². The smallest absolute Gasteiger partial charge is 0.333 e. The summed E-state index contributed by atoms with van der Waals surface area (Å²) in [6, 6.07) is 11.5. The molecule has 0 bridgehead atoms. The number of urea groups is 1. The highest BCUT2D eigenvalue weighted by Crippen LogP contribution is 2.26. The number of carbonyl (C=O) groups is 1. The molecule has 0 aliphatic carbocycles. The number of likely N-dealkylation sites (tertiary alicyclic amines) is 1. The lowest BCUT2D eigenvalue weighted by Gasteiger charge is -2.26. The van der Waals surface area contributed by atoms with Gasteiger partial charge in [0.25, 0.3) is 15.6 Å². The van der Waals surface area contributed by atoms with Crippen LogP contribution in [0.5, 0.6) is 0 Å². The largest absolute Gasteiger partial charge is 0.384 e. The van der Waals surface area contributed by atoms with Crippen molar-refractivity contribution < 1.29 is 13.2 Å². The van der Waals surface area contributed by atoms with Crippen LogP contribution in [0.25, 0.3) is 16.6 Å². The van der Waals surface area contributed by atoms with Crippen LogP contribution in [0.2, 0.25) is 4.34 Å². The highest BCUT2D eigenvalue weighted by molar-refractivity contribution is 14.1. The molecule has 5 rings (SSSR count). The molecule has 0 atom stereocenters. The minimum atomic E-state index is -4.09.